The summed E-state index contributed by atoms with van der Waals surface area (Å²) in [7, 11) is -0.314. The third-order valence-electron chi connectivity index (χ3n) is 19.8. The minimum absolute atomic E-state index is 0.0617. The Bertz CT molecular complexity index is 3130. The van der Waals surface area contributed by atoms with Crippen LogP contribution in [0.15, 0.2) is 91.0 Å². The monoisotopic (exact) mass is 936 g/mol. The van der Waals surface area contributed by atoms with E-state index in [1.165, 1.54) is 110 Å². The number of rotatable bonds is 4. The van der Waals surface area contributed by atoms with Gasteiger partial charge in [0.05, 0.1) is 15.1 Å². The lowest BCUT2D eigenvalue weighted by atomic mass is 9.33. The Hall–Kier alpha value is -5.00. The smallest absolute Gasteiger partial charge is 0.252 e. The van der Waals surface area contributed by atoms with Gasteiger partial charge in [-0.1, -0.05) is 123 Å². The van der Waals surface area contributed by atoms with E-state index in [-0.39, 0.29) is 48.8 Å². The lowest BCUT2D eigenvalue weighted by molar-refractivity contribution is 0.195. The van der Waals surface area contributed by atoms with Crippen molar-refractivity contribution in [1.29, 1.82) is 0 Å². The van der Waals surface area contributed by atoms with Crippen LogP contribution in [0.1, 0.15) is 145 Å². The summed E-state index contributed by atoms with van der Waals surface area (Å²) in [6.07, 6.45) is 14.0. The summed E-state index contributed by atoms with van der Waals surface area (Å²) in [6.45, 7) is 27.6. The molecular weight excluding hydrogens is 862 g/mol. The maximum absolute atomic E-state index is 2.89. The average molecular weight is 936 g/mol. The van der Waals surface area contributed by atoms with Gasteiger partial charge >= 0.3 is 0 Å². The van der Waals surface area contributed by atoms with Crippen molar-refractivity contribution in [2.24, 2.45) is 21.7 Å². The van der Waals surface area contributed by atoms with Crippen molar-refractivity contribution in [3.05, 3.63) is 141 Å². The van der Waals surface area contributed by atoms with Gasteiger partial charge in [-0.3, -0.25) is 0 Å². The molecule has 2 atom stereocenters. The van der Waals surface area contributed by atoms with Crippen molar-refractivity contribution < 1.29 is 0 Å². The van der Waals surface area contributed by atoms with Crippen molar-refractivity contribution in [2.45, 2.75) is 164 Å². The summed E-state index contributed by atoms with van der Waals surface area (Å²) >= 11 is 0. The first kappa shape index (κ1) is 43.8. The summed E-state index contributed by atoms with van der Waals surface area (Å²) in [6, 6.07) is 39.1. The Labute approximate surface area is 422 Å². The number of nitrogens with zero attached hydrogens (tertiary/aromatic N) is 3. The molecule has 0 saturated heterocycles. The first-order valence-electron chi connectivity index (χ1n) is 27.5. The molecule has 3 nitrogen and oxygen atoms in total. The molecule has 0 amide bonds. The number of fused-ring (bicyclic) bond motifs is 11. The summed E-state index contributed by atoms with van der Waals surface area (Å²) in [5.74, 6) is 0. The molecule has 0 spiro atoms. The fraction of sp³-hybridized carbons (Fsp3) is 0.446. The number of hydrogen-bond donors (Lipinski definition) is 0. The number of hydrogen-bond acceptors (Lipinski definition) is 3. The van der Waals surface area contributed by atoms with E-state index in [0.29, 0.717) is 0 Å². The summed E-state index contributed by atoms with van der Waals surface area (Å²) in [5, 5.41) is 1.59. The molecule has 6 aromatic rings. The molecule has 3 aliphatic heterocycles. The van der Waals surface area contributed by atoms with Gasteiger partial charge in [-0.15, -0.1) is 0 Å². The molecule has 0 radical (unpaired) electrons. The second-order valence-electron chi connectivity index (χ2n) is 27.7. The zero-order valence-corrected chi connectivity index (χ0v) is 45.7. The normalized spacial score (nSPS) is 25.1. The van der Waals surface area contributed by atoms with Gasteiger partial charge in [-0.2, -0.15) is 0 Å². The first-order valence-corrected chi connectivity index (χ1v) is 29.6. The van der Waals surface area contributed by atoms with Crippen molar-refractivity contribution in [2.75, 3.05) is 14.7 Å². The van der Waals surface area contributed by atoms with E-state index in [9.17, 15) is 0 Å². The molecular formula is C65H74BN3Si. The van der Waals surface area contributed by atoms with Crippen LogP contribution in [0, 0.1) is 21.7 Å². The van der Waals surface area contributed by atoms with Gasteiger partial charge in [0.15, 0.2) is 0 Å². The van der Waals surface area contributed by atoms with Crippen LogP contribution in [0.25, 0.3) is 0 Å². The Morgan fingerprint density at radius 1 is 0.414 bits per heavy atom. The molecule has 1 saturated carbocycles. The van der Waals surface area contributed by atoms with E-state index >= 15 is 0 Å². The largest absolute Gasteiger partial charge is 0.334 e. The Balaban J connectivity index is 1.10. The average Bonchev–Trinajstić information content (AvgIpc) is 4.03. The van der Waals surface area contributed by atoms with E-state index < -0.39 is 0 Å². The lowest BCUT2D eigenvalue weighted by Gasteiger charge is -2.51. The van der Waals surface area contributed by atoms with Crippen molar-refractivity contribution in [3.8, 4) is 0 Å². The third-order valence-corrected chi connectivity index (χ3v) is 21.0. The highest BCUT2D eigenvalue weighted by Gasteiger charge is 2.58. The van der Waals surface area contributed by atoms with Crippen LogP contribution < -0.4 is 36.3 Å². The molecule has 356 valence electrons. The van der Waals surface area contributed by atoms with Crippen LogP contribution in [0.4, 0.5) is 45.5 Å². The van der Waals surface area contributed by atoms with Crippen LogP contribution in [0.3, 0.4) is 0 Å². The van der Waals surface area contributed by atoms with Gasteiger partial charge < -0.3 is 14.7 Å². The Morgan fingerprint density at radius 2 is 0.857 bits per heavy atom. The van der Waals surface area contributed by atoms with E-state index in [0.717, 1.165) is 51.4 Å². The van der Waals surface area contributed by atoms with E-state index in [1.807, 2.05) is 0 Å². The van der Waals surface area contributed by atoms with Crippen molar-refractivity contribution in [1.82, 2.24) is 0 Å². The van der Waals surface area contributed by atoms with Gasteiger partial charge in [0.2, 0.25) is 0 Å². The Kier molecular flexibility index (Phi) is 8.84. The van der Waals surface area contributed by atoms with Crippen LogP contribution >= 0.6 is 0 Å². The van der Waals surface area contributed by atoms with Crippen LogP contribution in [0.2, 0.25) is 6.55 Å². The van der Waals surface area contributed by atoms with Gasteiger partial charge in [0, 0.05) is 50.9 Å². The fourth-order valence-corrected chi connectivity index (χ4v) is 17.3. The molecule has 6 aromatic carbocycles. The molecule has 8 aliphatic rings. The van der Waals surface area contributed by atoms with Crippen LogP contribution in [0.5, 0.6) is 0 Å². The van der Waals surface area contributed by atoms with Gasteiger partial charge in [0.1, 0.15) is 0 Å². The van der Waals surface area contributed by atoms with Crippen LogP contribution in [-0.4, -0.2) is 21.8 Å². The van der Waals surface area contributed by atoms with Gasteiger partial charge in [-0.05, 0) is 214 Å². The van der Waals surface area contributed by atoms with Gasteiger partial charge in [-0.25, -0.2) is 0 Å². The zero-order valence-electron chi connectivity index (χ0n) is 44.3. The minimum atomic E-state index is -0.314. The SMILES string of the molecule is C[SiH2]c1ccc2c(c1)C1(C)CCCCC1(C)N2c1cc2c3c(c1)N(c1ccc4c(c1)CC(C)(C)C4)c1cc4c(cc1B3c1cc3c(cc1N2c1ccc2c(c1)CC(C)(C)C2)CC(C)(C)C3)CC(C)(C)C4. The summed E-state index contributed by atoms with van der Waals surface area (Å²) in [5.41, 5.74) is 30.3. The van der Waals surface area contributed by atoms with E-state index in [4.69, 9.17) is 0 Å². The Morgan fingerprint density at radius 3 is 1.34 bits per heavy atom. The summed E-state index contributed by atoms with van der Waals surface area (Å²) < 4.78 is 0. The molecule has 5 aliphatic carbocycles. The highest BCUT2D eigenvalue weighted by atomic mass is 28.2. The second kappa shape index (κ2) is 14.1. The lowest BCUT2D eigenvalue weighted by Crippen LogP contribution is -2.62. The predicted octanol–water partition coefficient (Wildman–Crippen LogP) is 12.9. The predicted molar refractivity (Wildman–Crippen MR) is 302 cm³/mol. The van der Waals surface area contributed by atoms with Crippen molar-refractivity contribution in [3.63, 3.8) is 0 Å². The molecule has 0 N–H and O–H groups in total. The van der Waals surface area contributed by atoms with E-state index in [1.54, 1.807) is 33.0 Å². The zero-order chi connectivity index (χ0) is 48.2. The standard InChI is InChI=1S/C65H74BN3Si/c1-60(2)31-39-14-16-47(22-41(39)33-60)67-55-26-45-37-62(5,6)35-43(45)24-52(55)66-53-25-44-36-63(7,8)38-46(44)27-56(53)68(48-17-15-40-32-61(3,4)34-42(40)23-48)58-29-49(28-57(67)59(58)66)69-54-19-18-50(70-11)30-51(54)64(9)20-12-13-21-65(64,69)10/h14-19,22-30H,12-13,20-21,31-38,70H2,1-11H3. The third kappa shape index (κ3) is 6.18. The molecule has 5 heteroatoms. The first-order chi connectivity index (χ1) is 33.2. The molecule has 70 heavy (non-hydrogen) atoms. The fourth-order valence-electron chi connectivity index (χ4n) is 16.6. The molecule has 14 rings (SSSR count). The molecule has 1 fully saturated rings. The number of anilines is 8. The topological polar surface area (TPSA) is 9.72 Å². The van der Waals surface area contributed by atoms with Crippen LogP contribution in [-0.2, 0) is 56.8 Å². The van der Waals surface area contributed by atoms with Crippen molar-refractivity contribution >= 4 is 83.3 Å². The molecule has 3 heterocycles. The highest BCUT2D eigenvalue weighted by molar-refractivity contribution is 7.00. The molecule has 0 bridgehead atoms. The maximum atomic E-state index is 2.89. The summed E-state index contributed by atoms with van der Waals surface area (Å²) in [4.78, 5) is 8.45. The van der Waals surface area contributed by atoms with Gasteiger partial charge in [0.25, 0.3) is 6.71 Å². The minimum Gasteiger partial charge on any atom is -0.334 e. The maximum Gasteiger partial charge on any atom is 0.252 e. The quantitative estimate of drug-likeness (QED) is 0.163. The molecule has 0 aromatic heterocycles. The molecule has 2 unspecified atom stereocenters. The number of benzene rings is 6. The van der Waals surface area contributed by atoms with E-state index in [2.05, 4.69) is 181 Å². The second-order valence-corrected chi connectivity index (χ2v) is 29.2. The highest BCUT2D eigenvalue weighted by Crippen LogP contribution is 2.62.